The summed E-state index contributed by atoms with van der Waals surface area (Å²) in [6.45, 7) is 5.13. The third kappa shape index (κ3) is 4.77. The van der Waals surface area contributed by atoms with Gasteiger partial charge in [0.2, 0.25) is 0 Å². The third-order valence-electron chi connectivity index (χ3n) is 1.64. The Morgan fingerprint density at radius 2 is 1.70 bits per heavy atom. The van der Waals surface area contributed by atoms with Crippen molar-refractivity contribution in [3.63, 3.8) is 0 Å². The maximum Gasteiger partial charge on any atom is 0.0102 e. The summed E-state index contributed by atoms with van der Waals surface area (Å²) in [6.07, 6.45) is 1.14. The first kappa shape index (κ1) is 9.92. The molecule has 0 heterocycles. The Balaban J connectivity index is 3.30. The number of hydrogen-bond acceptors (Lipinski definition) is 2. The van der Waals surface area contributed by atoms with E-state index in [-0.39, 0.29) is 0 Å². The van der Waals surface area contributed by atoms with Crippen LogP contribution in [0.15, 0.2) is 0 Å². The fourth-order valence-electron chi connectivity index (χ4n) is 0.665. The fraction of sp³-hybridized carbons (Fsp3) is 0.875. The second-order valence-electron chi connectivity index (χ2n) is 3.21. The molecule has 0 aromatic carbocycles. The summed E-state index contributed by atoms with van der Waals surface area (Å²) in [4.78, 5) is 4.32. The summed E-state index contributed by atoms with van der Waals surface area (Å²) >= 11 is 0. The quantitative estimate of drug-likeness (QED) is 0.571. The molecule has 1 unspecified atom stereocenters. The van der Waals surface area contributed by atoms with Gasteiger partial charge in [-0.15, -0.1) is 0 Å². The number of rotatable bonds is 4. The van der Waals surface area contributed by atoms with Crippen molar-refractivity contribution < 1.29 is 0 Å². The monoisotopic (exact) mass is 143 g/mol. The topological polar surface area (TPSA) is 6.48 Å². The van der Waals surface area contributed by atoms with Crippen LogP contribution < -0.4 is 0 Å². The normalized spacial score (nSPS) is 14.7. The van der Waals surface area contributed by atoms with Gasteiger partial charge >= 0.3 is 0 Å². The molecule has 0 saturated carbocycles. The van der Waals surface area contributed by atoms with Gasteiger partial charge in [-0.3, -0.25) is 0 Å². The Morgan fingerprint density at radius 3 is 2.00 bits per heavy atom. The lowest BCUT2D eigenvalue weighted by Gasteiger charge is -2.21. The van der Waals surface area contributed by atoms with Crippen LogP contribution in [0.25, 0.3) is 0 Å². The summed E-state index contributed by atoms with van der Waals surface area (Å²) < 4.78 is 0. The van der Waals surface area contributed by atoms with Gasteiger partial charge in [-0.05, 0) is 48.1 Å². The first-order valence-corrected chi connectivity index (χ1v) is 3.68. The van der Waals surface area contributed by atoms with Gasteiger partial charge < -0.3 is 9.80 Å². The Morgan fingerprint density at radius 1 is 1.20 bits per heavy atom. The zero-order valence-electron chi connectivity index (χ0n) is 7.59. The van der Waals surface area contributed by atoms with Crippen LogP contribution in [0.2, 0.25) is 0 Å². The SMILES string of the molecule is [CH2]C(CCN(C)C)N(C)C. The minimum atomic E-state index is 0.447. The highest BCUT2D eigenvalue weighted by atomic mass is 15.1. The molecule has 61 valence electrons. The minimum absolute atomic E-state index is 0.447. The van der Waals surface area contributed by atoms with Crippen molar-refractivity contribution in [3.05, 3.63) is 6.92 Å². The number of nitrogens with zero attached hydrogens (tertiary/aromatic N) is 2. The third-order valence-corrected chi connectivity index (χ3v) is 1.64. The minimum Gasteiger partial charge on any atom is -0.309 e. The van der Waals surface area contributed by atoms with Gasteiger partial charge in [0.05, 0.1) is 0 Å². The van der Waals surface area contributed by atoms with E-state index in [1.807, 2.05) is 0 Å². The van der Waals surface area contributed by atoms with Gasteiger partial charge in [0.25, 0.3) is 0 Å². The maximum absolute atomic E-state index is 4.01. The van der Waals surface area contributed by atoms with E-state index in [2.05, 4.69) is 44.9 Å². The van der Waals surface area contributed by atoms with Gasteiger partial charge in [-0.1, -0.05) is 0 Å². The van der Waals surface area contributed by atoms with E-state index in [9.17, 15) is 0 Å². The van der Waals surface area contributed by atoms with E-state index < -0.39 is 0 Å². The average molecular weight is 143 g/mol. The lowest BCUT2D eigenvalue weighted by atomic mass is 10.2. The molecule has 1 atom stereocenters. The van der Waals surface area contributed by atoms with E-state index in [4.69, 9.17) is 0 Å². The van der Waals surface area contributed by atoms with Crippen molar-refractivity contribution in [3.8, 4) is 0 Å². The first-order chi connectivity index (χ1) is 4.54. The highest BCUT2D eigenvalue weighted by Crippen LogP contribution is 1.97. The molecular formula is C8H19N2. The van der Waals surface area contributed by atoms with Crippen LogP contribution in [0.3, 0.4) is 0 Å². The zero-order valence-corrected chi connectivity index (χ0v) is 7.59. The van der Waals surface area contributed by atoms with Crippen molar-refractivity contribution in [2.24, 2.45) is 0 Å². The lowest BCUT2D eigenvalue weighted by molar-refractivity contribution is 0.288. The summed E-state index contributed by atoms with van der Waals surface area (Å²) in [5.41, 5.74) is 0. The van der Waals surface area contributed by atoms with Crippen molar-refractivity contribution in [2.75, 3.05) is 34.7 Å². The van der Waals surface area contributed by atoms with E-state index in [1.165, 1.54) is 0 Å². The standard InChI is InChI=1S/C8H19N2/c1-8(10(4)5)6-7-9(2)3/h8H,1,6-7H2,2-5H3. The zero-order chi connectivity index (χ0) is 8.15. The molecule has 0 bridgehead atoms. The van der Waals surface area contributed by atoms with Crippen LogP contribution in [0.1, 0.15) is 6.42 Å². The van der Waals surface area contributed by atoms with Crippen LogP contribution >= 0.6 is 0 Å². The van der Waals surface area contributed by atoms with Gasteiger partial charge in [0, 0.05) is 6.04 Å². The van der Waals surface area contributed by atoms with E-state index in [0.717, 1.165) is 13.0 Å². The van der Waals surface area contributed by atoms with Crippen LogP contribution in [0.4, 0.5) is 0 Å². The molecule has 0 aliphatic rings. The molecule has 2 nitrogen and oxygen atoms in total. The molecule has 10 heavy (non-hydrogen) atoms. The van der Waals surface area contributed by atoms with E-state index >= 15 is 0 Å². The van der Waals surface area contributed by atoms with Crippen LogP contribution in [0.5, 0.6) is 0 Å². The fourth-order valence-corrected chi connectivity index (χ4v) is 0.665. The molecule has 0 saturated heterocycles. The van der Waals surface area contributed by atoms with Crippen molar-refractivity contribution in [1.29, 1.82) is 0 Å². The van der Waals surface area contributed by atoms with Crippen LogP contribution in [0, 0.1) is 6.92 Å². The largest absolute Gasteiger partial charge is 0.309 e. The molecule has 1 radical (unpaired) electrons. The molecule has 0 aromatic rings. The average Bonchev–Trinajstić information content (AvgIpc) is 1.82. The molecule has 0 aliphatic heterocycles. The van der Waals surface area contributed by atoms with E-state index in [1.54, 1.807) is 0 Å². The van der Waals surface area contributed by atoms with E-state index in [0.29, 0.717) is 6.04 Å². The van der Waals surface area contributed by atoms with Crippen molar-refractivity contribution >= 4 is 0 Å². The van der Waals surface area contributed by atoms with Gasteiger partial charge in [0.15, 0.2) is 0 Å². The molecule has 0 rings (SSSR count). The summed E-state index contributed by atoms with van der Waals surface area (Å²) in [7, 11) is 8.30. The first-order valence-electron chi connectivity index (χ1n) is 3.68. The second kappa shape index (κ2) is 4.69. The highest BCUT2D eigenvalue weighted by Gasteiger charge is 2.03. The van der Waals surface area contributed by atoms with Gasteiger partial charge in [-0.25, -0.2) is 0 Å². The lowest BCUT2D eigenvalue weighted by Crippen LogP contribution is -2.28. The maximum atomic E-state index is 4.01. The van der Waals surface area contributed by atoms with Gasteiger partial charge in [0.1, 0.15) is 0 Å². The predicted octanol–water partition coefficient (Wildman–Crippen LogP) is 0.702. The van der Waals surface area contributed by atoms with Gasteiger partial charge in [-0.2, -0.15) is 0 Å². The summed E-state index contributed by atoms with van der Waals surface area (Å²) in [5.74, 6) is 0. The second-order valence-corrected chi connectivity index (χ2v) is 3.21. The molecular weight excluding hydrogens is 124 g/mol. The molecule has 0 spiro atoms. The molecule has 0 N–H and O–H groups in total. The molecule has 0 aromatic heterocycles. The smallest absolute Gasteiger partial charge is 0.0102 e. The molecule has 0 amide bonds. The number of hydrogen-bond donors (Lipinski definition) is 0. The Bertz CT molecular complexity index is 79.3. The van der Waals surface area contributed by atoms with Crippen molar-refractivity contribution in [2.45, 2.75) is 12.5 Å². The Labute approximate surface area is 64.8 Å². The molecule has 0 fully saturated rings. The van der Waals surface area contributed by atoms with Crippen LogP contribution in [-0.4, -0.2) is 50.6 Å². The molecule has 2 heteroatoms. The predicted molar refractivity (Wildman–Crippen MR) is 46.0 cm³/mol. The molecule has 0 aliphatic carbocycles. The summed E-state index contributed by atoms with van der Waals surface area (Å²) in [6, 6.07) is 0.447. The van der Waals surface area contributed by atoms with Crippen molar-refractivity contribution in [1.82, 2.24) is 9.80 Å². The Kier molecular flexibility index (Phi) is 4.65. The van der Waals surface area contributed by atoms with Crippen LogP contribution in [-0.2, 0) is 0 Å². The summed E-state index contributed by atoms with van der Waals surface area (Å²) in [5, 5.41) is 0. The Hall–Kier alpha value is -0.0800. The highest BCUT2D eigenvalue weighted by molar-refractivity contribution is 4.68.